The van der Waals surface area contributed by atoms with Crippen molar-refractivity contribution in [1.82, 2.24) is 4.90 Å². The van der Waals surface area contributed by atoms with Crippen LogP contribution in [-0.2, 0) is 4.74 Å². The predicted octanol–water partition coefficient (Wildman–Crippen LogP) is 1.67. The summed E-state index contributed by atoms with van der Waals surface area (Å²) >= 11 is 0. The summed E-state index contributed by atoms with van der Waals surface area (Å²) in [6.07, 6.45) is 3.74. The third kappa shape index (κ3) is 1.94. The van der Waals surface area contributed by atoms with Crippen LogP contribution in [0.3, 0.4) is 0 Å². The van der Waals surface area contributed by atoms with Gasteiger partial charge in [-0.15, -0.1) is 0 Å². The summed E-state index contributed by atoms with van der Waals surface area (Å²) in [5.74, 6) is 0. The van der Waals surface area contributed by atoms with Gasteiger partial charge in [0, 0.05) is 13.2 Å². The maximum absolute atomic E-state index is 5.11. The van der Waals surface area contributed by atoms with Crippen LogP contribution in [0.4, 0.5) is 0 Å². The number of ether oxygens (including phenoxy) is 1. The minimum Gasteiger partial charge on any atom is -0.452 e. The number of likely N-dealkylation sites (tertiary alicyclic amines) is 1. The Morgan fingerprint density at radius 2 is 2.09 bits per heavy atom. The molecule has 11 heavy (non-hydrogen) atoms. The highest BCUT2D eigenvalue weighted by molar-refractivity contribution is 4.86. The van der Waals surface area contributed by atoms with Crippen LogP contribution >= 0.6 is 0 Å². The van der Waals surface area contributed by atoms with Gasteiger partial charge in [-0.25, -0.2) is 0 Å². The third-order valence-corrected chi connectivity index (χ3v) is 2.60. The fourth-order valence-corrected chi connectivity index (χ4v) is 1.82. The first kappa shape index (κ1) is 9.01. The van der Waals surface area contributed by atoms with Gasteiger partial charge in [0.2, 0.25) is 0 Å². The van der Waals surface area contributed by atoms with Crippen LogP contribution in [-0.4, -0.2) is 30.7 Å². The van der Waals surface area contributed by atoms with Crippen LogP contribution in [0.2, 0.25) is 0 Å². The average Bonchev–Trinajstić information content (AvgIpc) is 2.34. The fourth-order valence-electron chi connectivity index (χ4n) is 1.82. The van der Waals surface area contributed by atoms with Crippen molar-refractivity contribution in [2.24, 2.45) is 0 Å². The van der Waals surface area contributed by atoms with Crippen molar-refractivity contribution in [2.75, 3.05) is 13.7 Å². The molecule has 1 aliphatic heterocycles. The van der Waals surface area contributed by atoms with Crippen LogP contribution in [0.25, 0.3) is 0 Å². The highest BCUT2D eigenvalue weighted by Crippen LogP contribution is 2.24. The molecule has 0 radical (unpaired) electrons. The minimum absolute atomic E-state index is 0.560. The van der Waals surface area contributed by atoms with Crippen molar-refractivity contribution >= 4 is 0 Å². The van der Waals surface area contributed by atoms with E-state index in [0.717, 1.165) is 6.61 Å². The molecule has 1 heterocycles. The Balaban J connectivity index is 2.35. The Hall–Kier alpha value is -0.0800. The molecule has 1 aliphatic rings. The molecule has 0 saturated carbocycles. The van der Waals surface area contributed by atoms with Crippen LogP contribution in [0, 0.1) is 7.05 Å². The number of nitrogens with zero attached hydrogens (tertiary/aromatic N) is 1. The minimum atomic E-state index is 0.560. The Bertz CT molecular complexity index is 116. The maximum Gasteiger partial charge on any atom is 0.0594 e. The Morgan fingerprint density at radius 1 is 1.45 bits per heavy atom. The van der Waals surface area contributed by atoms with Gasteiger partial charge in [0.1, 0.15) is 0 Å². The molecule has 0 unspecified atom stereocenters. The smallest absolute Gasteiger partial charge is 0.0594 e. The summed E-state index contributed by atoms with van der Waals surface area (Å²) in [5, 5.41) is 0. The molecule has 0 bridgehead atoms. The fraction of sp³-hybridized carbons (Fsp3) is 0.889. The highest BCUT2D eigenvalue weighted by atomic mass is 16.5. The van der Waals surface area contributed by atoms with Gasteiger partial charge in [-0.05, 0) is 25.3 Å². The van der Waals surface area contributed by atoms with Crippen molar-refractivity contribution in [3.63, 3.8) is 0 Å². The van der Waals surface area contributed by atoms with Gasteiger partial charge in [0.05, 0.1) is 6.61 Å². The van der Waals surface area contributed by atoms with Crippen molar-refractivity contribution in [3.05, 3.63) is 7.05 Å². The van der Waals surface area contributed by atoms with Crippen molar-refractivity contribution in [1.29, 1.82) is 0 Å². The summed E-state index contributed by atoms with van der Waals surface area (Å²) in [5.41, 5.74) is 0. The second-order valence-corrected chi connectivity index (χ2v) is 3.26. The SMILES string of the molecule is [CH2-]N1[C@@H](COC)CC[C@@H]1CC. The summed E-state index contributed by atoms with van der Waals surface area (Å²) in [6, 6.07) is 1.25. The van der Waals surface area contributed by atoms with Gasteiger partial charge in [-0.2, -0.15) is 0 Å². The summed E-state index contributed by atoms with van der Waals surface area (Å²) in [4.78, 5) is 2.21. The largest absolute Gasteiger partial charge is 0.452 e. The second-order valence-electron chi connectivity index (χ2n) is 3.26. The molecule has 0 aromatic heterocycles. The lowest BCUT2D eigenvalue weighted by Gasteiger charge is -2.32. The molecule has 2 atom stereocenters. The molecular formula is C9H18NO-. The zero-order valence-electron chi connectivity index (χ0n) is 7.55. The van der Waals surface area contributed by atoms with Gasteiger partial charge in [0.25, 0.3) is 0 Å². The zero-order valence-corrected chi connectivity index (χ0v) is 7.55. The Morgan fingerprint density at radius 3 is 2.55 bits per heavy atom. The maximum atomic E-state index is 5.11. The predicted molar refractivity (Wildman–Crippen MR) is 46.2 cm³/mol. The lowest BCUT2D eigenvalue weighted by Crippen LogP contribution is -2.32. The molecule has 0 spiro atoms. The molecule has 0 N–H and O–H groups in total. The zero-order chi connectivity index (χ0) is 8.27. The van der Waals surface area contributed by atoms with Gasteiger partial charge >= 0.3 is 0 Å². The second kappa shape index (κ2) is 4.07. The van der Waals surface area contributed by atoms with Crippen LogP contribution in [0.1, 0.15) is 26.2 Å². The van der Waals surface area contributed by atoms with Gasteiger partial charge in [-0.3, -0.25) is 7.05 Å². The standard InChI is InChI=1S/C9H18NO/c1-4-8-5-6-9(7-11-3)10(8)2/h8-9H,2,4-7H2,1,3H3/q-1/t8-,9+/m0/s1. The first-order valence-corrected chi connectivity index (χ1v) is 4.37. The normalized spacial score (nSPS) is 33.0. The van der Waals surface area contributed by atoms with Gasteiger partial charge in [-0.1, -0.05) is 6.92 Å². The monoisotopic (exact) mass is 156 g/mol. The van der Waals surface area contributed by atoms with Crippen LogP contribution < -0.4 is 0 Å². The van der Waals surface area contributed by atoms with Crippen LogP contribution in [0.5, 0.6) is 0 Å². The van der Waals surface area contributed by atoms with E-state index in [1.54, 1.807) is 7.11 Å². The van der Waals surface area contributed by atoms with E-state index in [2.05, 4.69) is 18.9 Å². The van der Waals surface area contributed by atoms with Crippen LogP contribution in [0.15, 0.2) is 0 Å². The molecule has 1 saturated heterocycles. The summed E-state index contributed by atoms with van der Waals surface area (Å²) in [7, 11) is 5.80. The van der Waals surface area contributed by atoms with Gasteiger partial charge < -0.3 is 9.64 Å². The van der Waals surface area contributed by atoms with E-state index in [-0.39, 0.29) is 0 Å². The number of hydrogen-bond acceptors (Lipinski definition) is 2. The summed E-state index contributed by atoms with van der Waals surface area (Å²) in [6.45, 7) is 3.05. The Kier molecular flexibility index (Phi) is 3.34. The molecule has 2 nitrogen and oxygen atoms in total. The molecule has 2 heteroatoms. The van der Waals surface area contributed by atoms with E-state index in [0.29, 0.717) is 12.1 Å². The van der Waals surface area contributed by atoms with E-state index >= 15 is 0 Å². The number of hydrogen-bond donors (Lipinski definition) is 0. The van der Waals surface area contributed by atoms with E-state index in [1.165, 1.54) is 19.3 Å². The molecule has 0 aliphatic carbocycles. The lowest BCUT2D eigenvalue weighted by atomic mass is 10.1. The molecular weight excluding hydrogens is 138 g/mol. The quantitative estimate of drug-likeness (QED) is 0.576. The number of rotatable bonds is 3. The van der Waals surface area contributed by atoms with Gasteiger partial charge in [0.15, 0.2) is 0 Å². The Labute approximate surface area is 69.5 Å². The average molecular weight is 156 g/mol. The molecule has 0 aromatic rings. The third-order valence-electron chi connectivity index (χ3n) is 2.60. The van der Waals surface area contributed by atoms with Crippen molar-refractivity contribution < 1.29 is 4.74 Å². The van der Waals surface area contributed by atoms with E-state index in [9.17, 15) is 0 Å². The van der Waals surface area contributed by atoms with Crippen molar-refractivity contribution in [2.45, 2.75) is 38.3 Å². The van der Waals surface area contributed by atoms with E-state index in [4.69, 9.17) is 4.74 Å². The first-order valence-electron chi connectivity index (χ1n) is 4.37. The molecule has 0 amide bonds. The van der Waals surface area contributed by atoms with E-state index < -0.39 is 0 Å². The van der Waals surface area contributed by atoms with Crippen molar-refractivity contribution in [3.8, 4) is 0 Å². The molecule has 66 valence electrons. The first-order chi connectivity index (χ1) is 5.29. The topological polar surface area (TPSA) is 12.5 Å². The highest BCUT2D eigenvalue weighted by Gasteiger charge is 2.23. The molecule has 1 fully saturated rings. The summed E-state index contributed by atoms with van der Waals surface area (Å²) < 4.78 is 5.11. The lowest BCUT2D eigenvalue weighted by molar-refractivity contribution is 0.123. The molecule has 1 rings (SSSR count). The number of methoxy groups -OCH3 is 1. The molecule has 0 aromatic carbocycles. The van der Waals surface area contributed by atoms with E-state index in [1.807, 2.05) is 0 Å².